The summed E-state index contributed by atoms with van der Waals surface area (Å²) in [5, 5.41) is 3.48. The van der Waals surface area contributed by atoms with Gasteiger partial charge in [0, 0.05) is 18.4 Å². The van der Waals surface area contributed by atoms with Gasteiger partial charge in [-0.25, -0.2) is 4.98 Å². The standard InChI is InChI=1S/C14H19N3/c1-3-12-7-5-6-8-14(12)16-10-13-9-15-11-17(13)4-2/h5-9,11,16H,3-4,10H2,1-2H3. The van der Waals surface area contributed by atoms with Gasteiger partial charge in [0.1, 0.15) is 0 Å². The minimum absolute atomic E-state index is 0.824. The van der Waals surface area contributed by atoms with Gasteiger partial charge in [0.2, 0.25) is 0 Å². The molecule has 0 amide bonds. The summed E-state index contributed by atoms with van der Waals surface area (Å²) in [5.74, 6) is 0. The minimum Gasteiger partial charge on any atom is -0.379 e. The van der Waals surface area contributed by atoms with Crippen LogP contribution in [0.15, 0.2) is 36.8 Å². The first-order chi connectivity index (χ1) is 8.35. The van der Waals surface area contributed by atoms with E-state index in [1.54, 1.807) is 0 Å². The average Bonchev–Trinajstić information content (AvgIpc) is 2.84. The van der Waals surface area contributed by atoms with Crippen molar-refractivity contribution in [3.63, 3.8) is 0 Å². The molecule has 0 aliphatic heterocycles. The Morgan fingerprint density at radius 1 is 1.24 bits per heavy atom. The number of imidazole rings is 1. The lowest BCUT2D eigenvalue weighted by Gasteiger charge is -2.11. The van der Waals surface area contributed by atoms with E-state index in [9.17, 15) is 0 Å². The Morgan fingerprint density at radius 2 is 2.06 bits per heavy atom. The van der Waals surface area contributed by atoms with Gasteiger partial charge in [0.15, 0.2) is 0 Å². The van der Waals surface area contributed by atoms with Gasteiger partial charge in [-0.15, -0.1) is 0 Å². The Kier molecular flexibility index (Phi) is 3.81. The number of aryl methyl sites for hydroxylation is 2. The highest BCUT2D eigenvalue weighted by Crippen LogP contribution is 2.16. The van der Waals surface area contributed by atoms with Crippen LogP contribution in [0.4, 0.5) is 5.69 Å². The molecule has 1 aromatic heterocycles. The van der Waals surface area contributed by atoms with Gasteiger partial charge in [0.25, 0.3) is 0 Å². The SMILES string of the molecule is CCc1ccccc1NCc1cncn1CC. The van der Waals surface area contributed by atoms with Crippen LogP contribution in [0.25, 0.3) is 0 Å². The second kappa shape index (κ2) is 5.53. The molecule has 0 saturated carbocycles. The van der Waals surface area contributed by atoms with Crippen LogP contribution in [0, 0.1) is 0 Å². The van der Waals surface area contributed by atoms with Crippen LogP contribution in [0.5, 0.6) is 0 Å². The first-order valence-corrected chi connectivity index (χ1v) is 6.16. The fraction of sp³-hybridized carbons (Fsp3) is 0.357. The Labute approximate surface area is 103 Å². The quantitative estimate of drug-likeness (QED) is 0.854. The molecular formula is C14H19N3. The lowest BCUT2D eigenvalue weighted by molar-refractivity contribution is 0.719. The number of nitrogens with zero attached hydrogens (tertiary/aromatic N) is 2. The molecule has 1 aromatic carbocycles. The number of benzene rings is 1. The first kappa shape index (κ1) is 11.7. The van der Waals surface area contributed by atoms with Crippen molar-refractivity contribution in [1.29, 1.82) is 0 Å². The van der Waals surface area contributed by atoms with E-state index in [2.05, 4.69) is 53.0 Å². The van der Waals surface area contributed by atoms with Gasteiger partial charge in [-0.1, -0.05) is 25.1 Å². The van der Waals surface area contributed by atoms with E-state index in [0.29, 0.717) is 0 Å². The molecule has 2 aromatic rings. The van der Waals surface area contributed by atoms with Gasteiger partial charge in [-0.2, -0.15) is 0 Å². The topological polar surface area (TPSA) is 29.9 Å². The van der Waals surface area contributed by atoms with E-state index in [4.69, 9.17) is 0 Å². The predicted octanol–water partition coefficient (Wildman–Crippen LogP) is 3.08. The van der Waals surface area contributed by atoms with Crippen molar-refractivity contribution < 1.29 is 0 Å². The number of hydrogen-bond donors (Lipinski definition) is 1. The van der Waals surface area contributed by atoms with Crippen LogP contribution >= 0.6 is 0 Å². The largest absolute Gasteiger partial charge is 0.379 e. The Bertz CT molecular complexity index is 474. The molecule has 0 saturated heterocycles. The molecule has 17 heavy (non-hydrogen) atoms. The van der Waals surface area contributed by atoms with Crippen molar-refractivity contribution in [2.45, 2.75) is 33.4 Å². The summed E-state index contributed by atoms with van der Waals surface area (Å²) in [6.07, 6.45) is 4.85. The summed E-state index contributed by atoms with van der Waals surface area (Å²) in [6.45, 7) is 6.10. The molecule has 0 radical (unpaired) electrons. The maximum atomic E-state index is 4.17. The van der Waals surface area contributed by atoms with Gasteiger partial charge in [-0.3, -0.25) is 0 Å². The molecule has 1 N–H and O–H groups in total. The van der Waals surface area contributed by atoms with Crippen molar-refractivity contribution in [2.75, 3.05) is 5.32 Å². The number of aromatic nitrogens is 2. The summed E-state index contributed by atoms with van der Waals surface area (Å²) < 4.78 is 2.15. The molecule has 90 valence electrons. The van der Waals surface area contributed by atoms with Crippen LogP contribution < -0.4 is 5.32 Å². The number of anilines is 1. The molecule has 0 spiro atoms. The van der Waals surface area contributed by atoms with Crippen molar-refractivity contribution >= 4 is 5.69 Å². The van der Waals surface area contributed by atoms with Crippen molar-refractivity contribution in [3.8, 4) is 0 Å². The van der Waals surface area contributed by atoms with E-state index in [-0.39, 0.29) is 0 Å². The fourth-order valence-electron chi connectivity index (χ4n) is 1.97. The summed E-state index contributed by atoms with van der Waals surface area (Å²) >= 11 is 0. The number of hydrogen-bond acceptors (Lipinski definition) is 2. The molecule has 0 aliphatic rings. The number of rotatable bonds is 5. The monoisotopic (exact) mass is 229 g/mol. The number of para-hydroxylation sites is 1. The van der Waals surface area contributed by atoms with Crippen molar-refractivity contribution in [1.82, 2.24) is 9.55 Å². The first-order valence-electron chi connectivity index (χ1n) is 6.16. The van der Waals surface area contributed by atoms with Crippen LogP contribution in [-0.2, 0) is 19.5 Å². The molecule has 3 heteroatoms. The second-order valence-electron chi connectivity index (χ2n) is 4.04. The van der Waals surface area contributed by atoms with Crippen LogP contribution in [-0.4, -0.2) is 9.55 Å². The molecule has 2 rings (SSSR count). The molecule has 0 unspecified atom stereocenters. The molecular weight excluding hydrogens is 210 g/mol. The molecule has 3 nitrogen and oxygen atoms in total. The highest BCUT2D eigenvalue weighted by atomic mass is 15.1. The third kappa shape index (κ3) is 2.67. The smallest absolute Gasteiger partial charge is 0.0948 e. The van der Waals surface area contributed by atoms with Crippen LogP contribution in [0.2, 0.25) is 0 Å². The molecule has 0 bridgehead atoms. The van der Waals surface area contributed by atoms with E-state index < -0.39 is 0 Å². The van der Waals surface area contributed by atoms with Crippen molar-refractivity contribution in [3.05, 3.63) is 48.0 Å². The van der Waals surface area contributed by atoms with E-state index in [0.717, 1.165) is 19.5 Å². The van der Waals surface area contributed by atoms with E-state index >= 15 is 0 Å². The summed E-state index contributed by atoms with van der Waals surface area (Å²) in [4.78, 5) is 4.17. The van der Waals surface area contributed by atoms with Gasteiger partial charge < -0.3 is 9.88 Å². The highest BCUT2D eigenvalue weighted by molar-refractivity contribution is 5.51. The average molecular weight is 229 g/mol. The fourth-order valence-corrected chi connectivity index (χ4v) is 1.97. The normalized spacial score (nSPS) is 10.5. The molecule has 0 fully saturated rings. The predicted molar refractivity (Wildman–Crippen MR) is 71.0 cm³/mol. The minimum atomic E-state index is 0.824. The lowest BCUT2D eigenvalue weighted by Crippen LogP contribution is -2.07. The Morgan fingerprint density at radius 3 is 2.82 bits per heavy atom. The van der Waals surface area contributed by atoms with E-state index in [1.165, 1.54) is 16.9 Å². The zero-order chi connectivity index (χ0) is 12.1. The third-order valence-electron chi connectivity index (χ3n) is 3.00. The van der Waals surface area contributed by atoms with Gasteiger partial charge in [-0.05, 0) is 25.0 Å². The van der Waals surface area contributed by atoms with Crippen molar-refractivity contribution in [2.24, 2.45) is 0 Å². The highest BCUT2D eigenvalue weighted by Gasteiger charge is 2.02. The number of nitrogens with one attached hydrogen (secondary N) is 1. The third-order valence-corrected chi connectivity index (χ3v) is 3.00. The zero-order valence-electron chi connectivity index (χ0n) is 10.5. The molecule has 1 heterocycles. The van der Waals surface area contributed by atoms with E-state index in [1.807, 2.05) is 12.5 Å². The van der Waals surface area contributed by atoms with Gasteiger partial charge >= 0.3 is 0 Å². The maximum Gasteiger partial charge on any atom is 0.0948 e. The maximum absolute atomic E-state index is 4.17. The Hall–Kier alpha value is -1.77. The summed E-state index contributed by atoms with van der Waals surface area (Å²) in [7, 11) is 0. The summed E-state index contributed by atoms with van der Waals surface area (Å²) in [6, 6.07) is 8.45. The lowest BCUT2D eigenvalue weighted by atomic mass is 10.1. The summed E-state index contributed by atoms with van der Waals surface area (Å²) in [5.41, 5.74) is 3.80. The Balaban J connectivity index is 2.07. The molecule has 0 atom stereocenters. The van der Waals surface area contributed by atoms with Crippen LogP contribution in [0.3, 0.4) is 0 Å². The zero-order valence-corrected chi connectivity index (χ0v) is 10.5. The molecule has 0 aliphatic carbocycles. The van der Waals surface area contributed by atoms with Crippen LogP contribution in [0.1, 0.15) is 25.1 Å². The van der Waals surface area contributed by atoms with Gasteiger partial charge in [0.05, 0.1) is 18.6 Å². The second-order valence-corrected chi connectivity index (χ2v) is 4.04.